The average molecular weight is 273 g/mol. The number of benzene rings is 1. The number of fused-ring (bicyclic) bond motifs is 1. The maximum Gasteiger partial charge on any atom is 0.258 e. The second kappa shape index (κ2) is 5.13. The number of hydrogen-bond donors (Lipinski definition) is 3. The summed E-state index contributed by atoms with van der Waals surface area (Å²) in [5.41, 5.74) is 7.88. The van der Waals surface area contributed by atoms with Gasteiger partial charge in [-0.3, -0.25) is 4.79 Å². The third-order valence-electron chi connectivity index (χ3n) is 3.76. The van der Waals surface area contributed by atoms with Crippen LogP contribution < -0.4 is 16.6 Å². The quantitative estimate of drug-likeness (QED) is 0.708. The summed E-state index contributed by atoms with van der Waals surface area (Å²) in [5.74, 6) is 0. The molecule has 0 radical (unpaired) electrons. The zero-order valence-corrected chi connectivity index (χ0v) is 11.5. The van der Waals surface area contributed by atoms with Gasteiger partial charge in [0.15, 0.2) is 0 Å². The maximum atomic E-state index is 11.6. The number of aromatic amines is 1. The first-order valence-electron chi connectivity index (χ1n) is 6.86. The van der Waals surface area contributed by atoms with Crippen molar-refractivity contribution in [1.29, 1.82) is 0 Å². The molecule has 0 spiro atoms. The Hall–Kier alpha value is -2.08. The Labute approximate surface area is 117 Å². The van der Waals surface area contributed by atoms with E-state index in [1.165, 1.54) is 19.2 Å². The molecule has 3 rings (SSSR count). The van der Waals surface area contributed by atoms with Gasteiger partial charge in [-0.05, 0) is 32.0 Å². The second-order valence-electron chi connectivity index (χ2n) is 5.33. The lowest BCUT2D eigenvalue weighted by Crippen LogP contribution is -2.27. The summed E-state index contributed by atoms with van der Waals surface area (Å²) in [6.07, 6.45) is 4.02. The van der Waals surface area contributed by atoms with Gasteiger partial charge in [-0.25, -0.2) is 4.98 Å². The molecule has 1 fully saturated rings. The Bertz CT molecular complexity index is 677. The molecule has 0 amide bonds. The number of aromatic nitrogens is 2. The molecule has 2 aromatic rings. The maximum absolute atomic E-state index is 11.6. The number of nitrogen functional groups attached to an aromatic ring is 1. The molecule has 0 unspecified atom stereocenters. The van der Waals surface area contributed by atoms with E-state index in [0.29, 0.717) is 16.6 Å². The summed E-state index contributed by atoms with van der Waals surface area (Å²) < 4.78 is 0. The van der Waals surface area contributed by atoms with Gasteiger partial charge in [-0.2, -0.15) is 0 Å². The average Bonchev–Trinajstić information content (AvgIpc) is 3.25. The van der Waals surface area contributed by atoms with Crippen LogP contribution in [0.25, 0.3) is 10.9 Å². The molecule has 0 saturated heterocycles. The van der Waals surface area contributed by atoms with Gasteiger partial charge in [0.25, 0.3) is 5.56 Å². The number of nitrogens with zero attached hydrogens (tertiary/aromatic N) is 2. The first-order chi connectivity index (χ1) is 9.65. The van der Waals surface area contributed by atoms with Crippen molar-refractivity contribution < 1.29 is 0 Å². The molecule has 1 aliphatic carbocycles. The number of anilines is 2. The largest absolute Gasteiger partial charge is 0.397 e. The lowest BCUT2D eigenvalue weighted by atomic mass is 10.2. The van der Waals surface area contributed by atoms with E-state index in [9.17, 15) is 4.79 Å². The van der Waals surface area contributed by atoms with E-state index in [2.05, 4.69) is 27.2 Å². The molecule has 0 atom stereocenters. The summed E-state index contributed by atoms with van der Waals surface area (Å²) in [6.45, 7) is 1.80. The third-order valence-corrected chi connectivity index (χ3v) is 3.76. The minimum atomic E-state index is -0.165. The van der Waals surface area contributed by atoms with Crippen LogP contribution in [0, 0.1) is 0 Å². The summed E-state index contributed by atoms with van der Waals surface area (Å²) in [4.78, 5) is 20.7. The van der Waals surface area contributed by atoms with Crippen molar-refractivity contribution in [3.63, 3.8) is 0 Å². The number of likely N-dealkylation sites (N-methyl/N-ethyl adjacent to an activating group) is 1. The SMILES string of the molecule is CN(CCNc1cc2nc[nH]c(=O)c2cc1N)C1CC1. The zero-order valence-electron chi connectivity index (χ0n) is 11.5. The van der Waals surface area contributed by atoms with Crippen molar-refractivity contribution in [1.82, 2.24) is 14.9 Å². The molecule has 106 valence electrons. The molecular weight excluding hydrogens is 254 g/mol. The van der Waals surface area contributed by atoms with Gasteiger partial charge in [0.2, 0.25) is 0 Å². The molecule has 6 nitrogen and oxygen atoms in total. The van der Waals surface area contributed by atoms with E-state index in [0.717, 1.165) is 24.8 Å². The van der Waals surface area contributed by atoms with Crippen LogP contribution in [0.2, 0.25) is 0 Å². The van der Waals surface area contributed by atoms with Crippen molar-refractivity contribution in [2.24, 2.45) is 0 Å². The number of H-pyrrole nitrogens is 1. The van der Waals surface area contributed by atoms with Crippen molar-refractivity contribution in [2.75, 3.05) is 31.2 Å². The van der Waals surface area contributed by atoms with Gasteiger partial charge in [0.1, 0.15) is 0 Å². The normalized spacial score (nSPS) is 14.9. The van der Waals surface area contributed by atoms with Crippen LogP contribution in [-0.4, -0.2) is 41.0 Å². The van der Waals surface area contributed by atoms with Gasteiger partial charge in [-0.15, -0.1) is 0 Å². The highest BCUT2D eigenvalue weighted by Gasteiger charge is 2.25. The predicted molar refractivity (Wildman–Crippen MR) is 80.9 cm³/mol. The summed E-state index contributed by atoms with van der Waals surface area (Å²) in [7, 11) is 2.14. The standard InChI is InChI=1S/C14H19N5O/c1-19(9-2-3-9)5-4-16-13-7-12-10(6-11(13)15)14(20)18-8-17-12/h6-9,16H,2-5,15H2,1H3,(H,17,18,20). The highest BCUT2D eigenvalue weighted by molar-refractivity contribution is 5.88. The Morgan fingerprint density at radius 2 is 2.30 bits per heavy atom. The van der Waals surface area contributed by atoms with E-state index in [4.69, 9.17) is 5.73 Å². The van der Waals surface area contributed by atoms with Crippen molar-refractivity contribution in [3.8, 4) is 0 Å². The Kier molecular flexibility index (Phi) is 3.31. The fourth-order valence-electron chi connectivity index (χ4n) is 2.35. The van der Waals surface area contributed by atoms with Gasteiger partial charge in [0.05, 0.1) is 28.6 Å². The molecule has 0 bridgehead atoms. The fraction of sp³-hybridized carbons (Fsp3) is 0.429. The van der Waals surface area contributed by atoms with Gasteiger partial charge in [0, 0.05) is 19.1 Å². The lowest BCUT2D eigenvalue weighted by Gasteiger charge is -2.17. The molecule has 20 heavy (non-hydrogen) atoms. The van der Waals surface area contributed by atoms with E-state index in [-0.39, 0.29) is 5.56 Å². The predicted octanol–water partition coefficient (Wildman–Crippen LogP) is 1.01. The van der Waals surface area contributed by atoms with E-state index < -0.39 is 0 Å². The monoisotopic (exact) mass is 273 g/mol. The number of nitrogens with two attached hydrogens (primary N) is 1. The van der Waals surface area contributed by atoms with Crippen LogP contribution in [0.1, 0.15) is 12.8 Å². The highest BCUT2D eigenvalue weighted by Crippen LogP contribution is 2.25. The molecule has 1 aromatic heterocycles. The smallest absolute Gasteiger partial charge is 0.258 e. The van der Waals surface area contributed by atoms with Crippen molar-refractivity contribution >= 4 is 22.3 Å². The zero-order chi connectivity index (χ0) is 14.1. The number of rotatable bonds is 5. The Morgan fingerprint density at radius 3 is 3.05 bits per heavy atom. The Morgan fingerprint density at radius 1 is 1.50 bits per heavy atom. The molecule has 6 heteroatoms. The number of hydrogen-bond acceptors (Lipinski definition) is 5. The molecule has 4 N–H and O–H groups in total. The molecular formula is C14H19N5O. The van der Waals surface area contributed by atoms with Crippen LogP contribution >= 0.6 is 0 Å². The van der Waals surface area contributed by atoms with Gasteiger partial charge >= 0.3 is 0 Å². The summed E-state index contributed by atoms with van der Waals surface area (Å²) >= 11 is 0. The molecule has 1 saturated carbocycles. The van der Waals surface area contributed by atoms with Crippen LogP contribution in [0.4, 0.5) is 11.4 Å². The van der Waals surface area contributed by atoms with Crippen LogP contribution in [0.3, 0.4) is 0 Å². The summed E-state index contributed by atoms with van der Waals surface area (Å²) in [5, 5.41) is 3.84. The molecule has 1 heterocycles. The Balaban J connectivity index is 1.74. The molecule has 1 aromatic carbocycles. The van der Waals surface area contributed by atoms with E-state index >= 15 is 0 Å². The highest BCUT2D eigenvalue weighted by atomic mass is 16.1. The van der Waals surface area contributed by atoms with Gasteiger partial charge in [-0.1, -0.05) is 0 Å². The third kappa shape index (κ3) is 2.60. The second-order valence-corrected chi connectivity index (χ2v) is 5.33. The van der Waals surface area contributed by atoms with Crippen LogP contribution in [0.15, 0.2) is 23.3 Å². The lowest BCUT2D eigenvalue weighted by molar-refractivity contribution is 0.337. The topological polar surface area (TPSA) is 87.0 Å². The van der Waals surface area contributed by atoms with Crippen LogP contribution in [-0.2, 0) is 0 Å². The summed E-state index contributed by atoms with van der Waals surface area (Å²) in [6, 6.07) is 4.26. The van der Waals surface area contributed by atoms with Gasteiger partial charge < -0.3 is 20.9 Å². The molecule has 0 aliphatic heterocycles. The van der Waals surface area contributed by atoms with Crippen molar-refractivity contribution in [2.45, 2.75) is 18.9 Å². The minimum absolute atomic E-state index is 0.165. The van der Waals surface area contributed by atoms with E-state index in [1.54, 1.807) is 6.07 Å². The number of nitrogens with one attached hydrogen (secondary N) is 2. The van der Waals surface area contributed by atoms with Crippen LogP contribution in [0.5, 0.6) is 0 Å². The van der Waals surface area contributed by atoms with E-state index in [1.807, 2.05) is 6.07 Å². The molecule has 1 aliphatic rings. The fourth-order valence-corrected chi connectivity index (χ4v) is 2.35. The minimum Gasteiger partial charge on any atom is -0.397 e. The first-order valence-corrected chi connectivity index (χ1v) is 6.86. The van der Waals surface area contributed by atoms with Crippen molar-refractivity contribution in [3.05, 3.63) is 28.8 Å². The first kappa shape index (κ1) is 12.9.